The standard InChI is InChI=1S/C17H21N3O3/c21-15(6-3-7-16(22)23)20-10-8-12(9-11-20)17-18-13-4-1-2-5-14(13)19-17/h1-2,4-5,12H,3,6-11H2,(H,18,19)(H,22,23). The maximum atomic E-state index is 12.1. The lowest BCUT2D eigenvalue weighted by molar-refractivity contribution is -0.137. The Bertz CT molecular complexity index is 669. The Morgan fingerprint density at radius 2 is 1.96 bits per heavy atom. The zero-order valence-electron chi connectivity index (χ0n) is 13.0. The lowest BCUT2D eigenvalue weighted by atomic mass is 9.96. The predicted molar refractivity (Wildman–Crippen MR) is 86.1 cm³/mol. The molecule has 0 radical (unpaired) electrons. The van der Waals surface area contributed by atoms with E-state index in [4.69, 9.17) is 5.11 Å². The number of piperidine rings is 1. The molecule has 0 unspecified atom stereocenters. The molecule has 2 N–H and O–H groups in total. The van der Waals surface area contributed by atoms with Crippen LogP contribution in [-0.2, 0) is 9.59 Å². The number of carboxylic acids is 1. The Morgan fingerprint density at radius 1 is 1.22 bits per heavy atom. The van der Waals surface area contributed by atoms with E-state index >= 15 is 0 Å². The van der Waals surface area contributed by atoms with Gasteiger partial charge in [-0.05, 0) is 31.4 Å². The summed E-state index contributed by atoms with van der Waals surface area (Å²) in [5, 5.41) is 8.62. The van der Waals surface area contributed by atoms with Crippen LogP contribution in [-0.4, -0.2) is 44.9 Å². The summed E-state index contributed by atoms with van der Waals surface area (Å²) in [6.07, 6.45) is 2.58. The third-order valence-electron chi connectivity index (χ3n) is 4.42. The van der Waals surface area contributed by atoms with E-state index in [-0.39, 0.29) is 12.3 Å². The molecule has 2 heterocycles. The molecule has 1 saturated heterocycles. The van der Waals surface area contributed by atoms with Crippen molar-refractivity contribution < 1.29 is 14.7 Å². The van der Waals surface area contributed by atoms with Crippen LogP contribution in [0, 0.1) is 0 Å². The van der Waals surface area contributed by atoms with Crippen LogP contribution in [0.3, 0.4) is 0 Å². The molecule has 0 atom stereocenters. The van der Waals surface area contributed by atoms with Crippen molar-refractivity contribution >= 4 is 22.9 Å². The van der Waals surface area contributed by atoms with Gasteiger partial charge >= 0.3 is 5.97 Å². The summed E-state index contributed by atoms with van der Waals surface area (Å²) in [5.74, 6) is 0.574. The molecule has 1 amide bonds. The average Bonchev–Trinajstić information content (AvgIpc) is 2.98. The van der Waals surface area contributed by atoms with Gasteiger partial charge in [-0.1, -0.05) is 12.1 Å². The summed E-state index contributed by atoms with van der Waals surface area (Å²) < 4.78 is 0. The zero-order valence-corrected chi connectivity index (χ0v) is 13.0. The van der Waals surface area contributed by atoms with Crippen LogP contribution in [0.5, 0.6) is 0 Å². The number of carbonyl (C=O) groups excluding carboxylic acids is 1. The minimum absolute atomic E-state index is 0.0567. The minimum atomic E-state index is -0.846. The second-order valence-electron chi connectivity index (χ2n) is 6.04. The van der Waals surface area contributed by atoms with Crippen molar-refractivity contribution in [3.63, 3.8) is 0 Å². The van der Waals surface area contributed by atoms with Gasteiger partial charge in [-0.3, -0.25) is 9.59 Å². The van der Waals surface area contributed by atoms with Gasteiger partial charge in [-0.2, -0.15) is 0 Å². The first kappa shape index (κ1) is 15.5. The fourth-order valence-corrected chi connectivity index (χ4v) is 3.12. The lowest BCUT2D eigenvalue weighted by Gasteiger charge is -2.31. The topological polar surface area (TPSA) is 86.3 Å². The number of rotatable bonds is 5. The molecule has 1 aromatic heterocycles. The van der Waals surface area contributed by atoms with Crippen LogP contribution in [0.25, 0.3) is 11.0 Å². The van der Waals surface area contributed by atoms with E-state index in [0.29, 0.717) is 31.8 Å². The van der Waals surface area contributed by atoms with Gasteiger partial charge in [0.25, 0.3) is 0 Å². The summed E-state index contributed by atoms with van der Waals surface area (Å²) in [6.45, 7) is 1.43. The minimum Gasteiger partial charge on any atom is -0.481 e. The molecular formula is C17H21N3O3. The van der Waals surface area contributed by atoms with Crippen LogP contribution < -0.4 is 0 Å². The molecule has 0 aliphatic carbocycles. The van der Waals surface area contributed by atoms with Gasteiger partial charge in [0.15, 0.2) is 0 Å². The first-order valence-electron chi connectivity index (χ1n) is 8.07. The number of hydrogen-bond acceptors (Lipinski definition) is 3. The van der Waals surface area contributed by atoms with E-state index < -0.39 is 5.97 Å². The molecule has 122 valence electrons. The van der Waals surface area contributed by atoms with Gasteiger partial charge in [-0.15, -0.1) is 0 Å². The van der Waals surface area contributed by atoms with Gasteiger partial charge in [0.1, 0.15) is 5.82 Å². The summed E-state index contributed by atoms with van der Waals surface area (Å²) in [6, 6.07) is 7.98. The number of carbonyl (C=O) groups is 2. The number of benzene rings is 1. The van der Waals surface area contributed by atoms with E-state index in [1.165, 1.54) is 0 Å². The maximum absolute atomic E-state index is 12.1. The highest BCUT2D eigenvalue weighted by atomic mass is 16.4. The molecule has 6 heteroatoms. The molecule has 0 bridgehead atoms. The van der Waals surface area contributed by atoms with E-state index in [2.05, 4.69) is 9.97 Å². The van der Waals surface area contributed by atoms with Crippen LogP contribution in [0.15, 0.2) is 24.3 Å². The van der Waals surface area contributed by atoms with Gasteiger partial charge in [0, 0.05) is 31.8 Å². The van der Waals surface area contributed by atoms with Crippen molar-refractivity contribution in [2.75, 3.05) is 13.1 Å². The fraction of sp³-hybridized carbons (Fsp3) is 0.471. The number of aliphatic carboxylic acids is 1. The van der Waals surface area contributed by atoms with Gasteiger partial charge in [0.05, 0.1) is 11.0 Å². The molecule has 1 aliphatic rings. The molecule has 1 aromatic carbocycles. The van der Waals surface area contributed by atoms with Crippen LogP contribution in [0.4, 0.5) is 0 Å². The highest BCUT2D eigenvalue weighted by Gasteiger charge is 2.25. The second kappa shape index (κ2) is 6.81. The van der Waals surface area contributed by atoms with Gasteiger partial charge < -0.3 is 15.0 Å². The Balaban J connectivity index is 1.53. The molecule has 0 saturated carbocycles. The molecule has 1 aliphatic heterocycles. The smallest absolute Gasteiger partial charge is 0.303 e. The Hall–Kier alpha value is -2.37. The van der Waals surface area contributed by atoms with E-state index in [0.717, 1.165) is 29.7 Å². The number of H-pyrrole nitrogens is 1. The van der Waals surface area contributed by atoms with Crippen LogP contribution >= 0.6 is 0 Å². The number of amides is 1. The van der Waals surface area contributed by atoms with Crippen LogP contribution in [0.1, 0.15) is 43.8 Å². The molecular weight excluding hydrogens is 294 g/mol. The maximum Gasteiger partial charge on any atom is 0.303 e. The van der Waals surface area contributed by atoms with E-state index in [1.54, 1.807) is 0 Å². The van der Waals surface area contributed by atoms with Crippen molar-refractivity contribution in [3.8, 4) is 0 Å². The molecule has 0 spiro atoms. The second-order valence-corrected chi connectivity index (χ2v) is 6.04. The van der Waals surface area contributed by atoms with E-state index in [9.17, 15) is 9.59 Å². The molecule has 3 rings (SSSR count). The monoisotopic (exact) mass is 315 g/mol. The predicted octanol–water partition coefficient (Wildman–Crippen LogP) is 2.52. The van der Waals surface area contributed by atoms with E-state index in [1.807, 2.05) is 29.2 Å². The highest BCUT2D eigenvalue weighted by Crippen LogP contribution is 2.28. The number of imidazole rings is 1. The van der Waals surface area contributed by atoms with Crippen molar-refractivity contribution in [2.24, 2.45) is 0 Å². The third kappa shape index (κ3) is 3.70. The fourth-order valence-electron chi connectivity index (χ4n) is 3.12. The molecule has 6 nitrogen and oxygen atoms in total. The van der Waals surface area contributed by atoms with Crippen molar-refractivity contribution in [3.05, 3.63) is 30.1 Å². The van der Waals surface area contributed by atoms with Gasteiger partial charge in [0.2, 0.25) is 5.91 Å². The number of likely N-dealkylation sites (tertiary alicyclic amines) is 1. The number of carboxylic acid groups (broad SMARTS) is 1. The Kier molecular flexibility index (Phi) is 4.60. The van der Waals surface area contributed by atoms with Crippen molar-refractivity contribution in [1.82, 2.24) is 14.9 Å². The van der Waals surface area contributed by atoms with Gasteiger partial charge in [-0.25, -0.2) is 4.98 Å². The number of aromatic amines is 1. The summed E-state index contributed by atoms with van der Waals surface area (Å²) in [5.41, 5.74) is 2.03. The summed E-state index contributed by atoms with van der Waals surface area (Å²) >= 11 is 0. The van der Waals surface area contributed by atoms with Crippen LogP contribution in [0.2, 0.25) is 0 Å². The lowest BCUT2D eigenvalue weighted by Crippen LogP contribution is -2.38. The zero-order chi connectivity index (χ0) is 16.2. The number of fused-ring (bicyclic) bond motifs is 1. The number of nitrogens with zero attached hydrogens (tertiary/aromatic N) is 2. The van der Waals surface area contributed by atoms with Crippen molar-refractivity contribution in [1.29, 1.82) is 0 Å². The van der Waals surface area contributed by atoms with Crippen molar-refractivity contribution in [2.45, 2.75) is 38.0 Å². The average molecular weight is 315 g/mol. The third-order valence-corrected chi connectivity index (χ3v) is 4.42. The molecule has 2 aromatic rings. The quantitative estimate of drug-likeness (QED) is 0.887. The first-order chi connectivity index (χ1) is 11.1. The normalized spacial score (nSPS) is 15.9. The number of nitrogens with one attached hydrogen (secondary N) is 1. The number of para-hydroxylation sites is 2. The Labute approximate surface area is 134 Å². The number of hydrogen-bond donors (Lipinski definition) is 2. The SMILES string of the molecule is O=C(O)CCCC(=O)N1CCC(c2nc3ccccc3[nH]2)CC1. The molecule has 23 heavy (non-hydrogen) atoms. The highest BCUT2D eigenvalue weighted by molar-refractivity contribution is 5.77. The summed E-state index contributed by atoms with van der Waals surface area (Å²) in [7, 11) is 0. The summed E-state index contributed by atoms with van der Waals surface area (Å²) in [4.78, 5) is 32.4. The Morgan fingerprint density at radius 3 is 2.65 bits per heavy atom. The number of aromatic nitrogens is 2. The first-order valence-corrected chi connectivity index (χ1v) is 8.07. The largest absolute Gasteiger partial charge is 0.481 e. The molecule has 1 fully saturated rings.